The van der Waals surface area contributed by atoms with Gasteiger partial charge in [-0.2, -0.15) is 0 Å². The number of carboxylic acid groups (broad SMARTS) is 1. The molecule has 0 aromatic heterocycles. The normalized spacial score (nSPS) is 18.9. The molecule has 3 nitrogen and oxygen atoms in total. The number of carbonyl (C=O) groups is 1. The Kier molecular flexibility index (Phi) is 5.50. The van der Waals surface area contributed by atoms with Gasteiger partial charge in [0.25, 0.3) is 0 Å². The van der Waals surface area contributed by atoms with E-state index in [1.165, 1.54) is 17.2 Å². The van der Waals surface area contributed by atoms with Crippen LogP contribution in [0.25, 0.3) is 5.57 Å². The lowest BCUT2D eigenvalue weighted by atomic mass is 9.82. The molecule has 1 aromatic carbocycles. The van der Waals surface area contributed by atoms with Crippen LogP contribution in [0.2, 0.25) is 0 Å². The summed E-state index contributed by atoms with van der Waals surface area (Å²) in [6.45, 7) is 13.0. The number of carboxylic acids is 1. The number of hydrogen-bond acceptors (Lipinski definition) is 2. The van der Waals surface area contributed by atoms with Gasteiger partial charge < -0.3 is 9.84 Å². The van der Waals surface area contributed by atoms with E-state index in [0.717, 1.165) is 23.3 Å². The maximum Gasteiger partial charge on any atom is 0.328 e. The Bertz CT molecular complexity index is 805. The largest absolute Gasteiger partial charge is 0.496 e. The maximum atomic E-state index is 10.7. The van der Waals surface area contributed by atoms with Gasteiger partial charge in [0.1, 0.15) is 5.75 Å². The Morgan fingerprint density at radius 1 is 1.12 bits per heavy atom. The first-order valence-electron chi connectivity index (χ1n) is 8.97. The highest BCUT2D eigenvalue weighted by Crippen LogP contribution is 2.51. The number of aliphatic carboxylic acids is 1. The van der Waals surface area contributed by atoms with Gasteiger partial charge in [0.15, 0.2) is 0 Å². The number of ether oxygens (including phenoxy) is 1. The smallest absolute Gasteiger partial charge is 0.328 e. The van der Waals surface area contributed by atoms with Gasteiger partial charge in [0.05, 0.1) is 7.11 Å². The number of methoxy groups -OCH3 is 1. The standard InChI is InChI=1S/C23H30O3/c1-15(11-21(24)25)9-8-10-16(2)17-12-18-19(13-20(17)26-7)23(5,6)14-22(18,3)4/h8-13H,14H2,1-7H3,(H,24,25)/b9-8+,15-11+,16-10-. The molecule has 0 fully saturated rings. The molecule has 0 amide bonds. The van der Waals surface area contributed by atoms with Crippen LogP contribution in [0.5, 0.6) is 5.75 Å². The molecule has 1 aliphatic carbocycles. The lowest BCUT2D eigenvalue weighted by molar-refractivity contribution is -0.131. The quantitative estimate of drug-likeness (QED) is 0.549. The van der Waals surface area contributed by atoms with Gasteiger partial charge in [-0.05, 0) is 65.5 Å². The molecule has 0 radical (unpaired) electrons. The summed E-state index contributed by atoms with van der Waals surface area (Å²) >= 11 is 0. The highest BCUT2D eigenvalue weighted by molar-refractivity contribution is 5.81. The first-order valence-corrected chi connectivity index (χ1v) is 8.97. The molecule has 0 unspecified atom stereocenters. The lowest BCUT2D eigenvalue weighted by Crippen LogP contribution is -2.17. The van der Waals surface area contributed by atoms with E-state index in [4.69, 9.17) is 9.84 Å². The highest BCUT2D eigenvalue weighted by atomic mass is 16.5. The third-order valence-corrected chi connectivity index (χ3v) is 5.16. The van der Waals surface area contributed by atoms with E-state index in [0.29, 0.717) is 5.57 Å². The summed E-state index contributed by atoms with van der Waals surface area (Å²) in [5.41, 5.74) is 5.90. The molecule has 0 bridgehead atoms. The predicted molar refractivity (Wildman–Crippen MR) is 108 cm³/mol. The summed E-state index contributed by atoms with van der Waals surface area (Å²) in [7, 11) is 1.71. The van der Waals surface area contributed by atoms with Gasteiger partial charge in [0, 0.05) is 11.6 Å². The molecule has 0 spiro atoms. The van der Waals surface area contributed by atoms with E-state index in [9.17, 15) is 4.79 Å². The summed E-state index contributed by atoms with van der Waals surface area (Å²) in [6, 6.07) is 4.46. The van der Waals surface area contributed by atoms with Crippen molar-refractivity contribution in [1.29, 1.82) is 0 Å². The van der Waals surface area contributed by atoms with Crippen LogP contribution in [-0.2, 0) is 15.6 Å². The van der Waals surface area contributed by atoms with Crippen LogP contribution in [0.4, 0.5) is 0 Å². The van der Waals surface area contributed by atoms with E-state index < -0.39 is 5.97 Å². The van der Waals surface area contributed by atoms with Gasteiger partial charge in [-0.1, -0.05) is 45.9 Å². The fraction of sp³-hybridized carbons (Fsp3) is 0.435. The number of benzene rings is 1. The second-order valence-electron chi connectivity index (χ2n) is 8.48. The summed E-state index contributed by atoms with van der Waals surface area (Å²) in [4.78, 5) is 10.7. The van der Waals surface area contributed by atoms with E-state index in [-0.39, 0.29) is 10.8 Å². The molecule has 0 atom stereocenters. The minimum atomic E-state index is -0.932. The van der Waals surface area contributed by atoms with Crippen molar-refractivity contribution in [2.75, 3.05) is 7.11 Å². The summed E-state index contributed by atoms with van der Waals surface area (Å²) in [5, 5.41) is 8.78. The van der Waals surface area contributed by atoms with Crippen LogP contribution in [-0.4, -0.2) is 18.2 Å². The van der Waals surface area contributed by atoms with Crippen molar-refractivity contribution in [3.05, 3.63) is 58.7 Å². The molecular formula is C23H30O3. The molecule has 2 rings (SSSR count). The van der Waals surface area contributed by atoms with E-state index in [1.54, 1.807) is 20.1 Å². The first-order chi connectivity index (χ1) is 12.0. The van der Waals surface area contributed by atoms with Crippen LogP contribution in [0.3, 0.4) is 0 Å². The molecule has 26 heavy (non-hydrogen) atoms. The van der Waals surface area contributed by atoms with Crippen molar-refractivity contribution >= 4 is 11.5 Å². The number of allylic oxidation sites excluding steroid dienone is 5. The van der Waals surface area contributed by atoms with E-state index in [1.807, 2.05) is 12.2 Å². The monoisotopic (exact) mass is 354 g/mol. The van der Waals surface area contributed by atoms with Gasteiger partial charge in [-0.15, -0.1) is 0 Å². The van der Waals surface area contributed by atoms with Crippen LogP contribution >= 0.6 is 0 Å². The molecular weight excluding hydrogens is 324 g/mol. The third kappa shape index (κ3) is 4.09. The minimum absolute atomic E-state index is 0.136. The Labute approximate surface area is 157 Å². The van der Waals surface area contributed by atoms with Crippen LogP contribution in [0.1, 0.15) is 64.7 Å². The summed E-state index contributed by atoms with van der Waals surface area (Å²) in [6.07, 6.45) is 7.98. The SMILES string of the molecule is COc1cc2c(cc1\C(C)=C/C=C/C(C)=C/C(=O)O)C(C)(C)CC2(C)C. The number of rotatable bonds is 5. The predicted octanol–water partition coefficient (Wildman–Crippen LogP) is 5.64. The van der Waals surface area contributed by atoms with Gasteiger partial charge >= 0.3 is 5.97 Å². The first kappa shape index (κ1) is 20.0. The fourth-order valence-corrected chi connectivity index (χ4v) is 4.15. The summed E-state index contributed by atoms with van der Waals surface area (Å²) < 4.78 is 5.68. The molecule has 0 aliphatic heterocycles. The Balaban J connectivity index is 2.46. The van der Waals surface area contributed by atoms with Crippen LogP contribution < -0.4 is 4.74 Å². The zero-order chi connectivity index (χ0) is 19.7. The number of hydrogen-bond donors (Lipinski definition) is 1. The molecule has 1 aliphatic rings. The third-order valence-electron chi connectivity index (χ3n) is 5.16. The van der Waals surface area contributed by atoms with Gasteiger partial charge in [0.2, 0.25) is 0 Å². The Morgan fingerprint density at radius 3 is 2.23 bits per heavy atom. The molecule has 140 valence electrons. The van der Waals surface area contributed by atoms with Gasteiger partial charge in [-0.25, -0.2) is 4.79 Å². The Hall–Kier alpha value is -2.29. The van der Waals surface area contributed by atoms with Crippen molar-refractivity contribution in [2.45, 2.75) is 58.8 Å². The van der Waals surface area contributed by atoms with Crippen molar-refractivity contribution in [3.8, 4) is 5.75 Å². The average molecular weight is 354 g/mol. The maximum absolute atomic E-state index is 10.7. The van der Waals surface area contributed by atoms with Crippen molar-refractivity contribution in [2.24, 2.45) is 0 Å². The minimum Gasteiger partial charge on any atom is -0.496 e. The molecule has 1 N–H and O–H groups in total. The van der Waals surface area contributed by atoms with E-state index in [2.05, 4.69) is 46.8 Å². The summed E-state index contributed by atoms with van der Waals surface area (Å²) in [5.74, 6) is -0.0486. The number of fused-ring (bicyclic) bond motifs is 1. The fourth-order valence-electron chi connectivity index (χ4n) is 4.15. The lowest BCUT2D eigenvalue weighted by Gasteiger charge is -2.22. The molecule has 0 saturated carbocycles. The molecule has 0 saturated heterocycles. The van der Waals surface area contributed by atoms with Crippen LogP contribution in [0.15, 0.2) is 42.0 Å². The molecule has 3 heteroatoms. The zero-order valence-corrected chi connectivity index (χ0v) is 16.9. The second-order valence-corrected chi connectivity index (χ2v) is 8.48. The highest BCUT2D eigenvalue weighted by Gasteiger charge is 2.42. The zero-order valence-electron chi connectivity index (χ0n) is 16.9. The topological polar surface area (TPSA) is 46.5 Å². The van der Waals surface area contributed by atoms with Crippen molar-refractivity contribution in [1.82, 2.24) is 0 Å². The molecule has 0 heterocycles. The van der Waals surface area contributed by atoms with Crippen molar-refractivity contribution < 1.29 is 14.6 Å². The second kappa shape index (κ2) is 7.14. The van der Waals surface area contributed by atoms with Crippen LogP contribution in [0, 0.1) is 0 Å². The van der Waals surface area contributed by atoms with E-state index >= 15 is 0 Å². The molecule has 1 aromatic rings. The Morgan fingerprint density at radius 2 is 1.69 bits per heavy atom. The average Bonchev–Trinajstić information content (AvgIpc) is 2.69. The van der Waals surface area contributed by atoms with Gasteiger partial charge in [-0.3, -0.25) is 0 Å². The van der Waals surface area contributed by atoms with Crippen molar-refractivity contribution in [3.63, 3.8) is 0 Å².